The molecule has 0 aromatic heterocycles. The lowest BCUT2D eigenvalue weighted by atomic mass is 10.2. The van der Waals surface area contributed by atoms with Crippen LogP contribution in [0.3, 0.4) is 0 Å². The predicted octanol–water partition coefficient (Wildman–Crippen LogP) is 3.28. The number of benzene rings is 1. The van der Waals surface area contributed by atoms with Gasteiger partial charge in [-0.25, -0.2) is 0 Å². The third-order valence-corrected chi connectivity index (χ3v) is 3.46. The minimum atomic E-state index is -0.442. The van der Waals surface area contributed by atoms with E-state index in [-0.39, 0.29) is 11.7 Å². The molecule has 0 spiro atoms. The molecular weight excluding hydrogens is 276 g/mol. The van der Waals surface area contributed by atoms with Crippen molar-refractivity contribution in [3.05, 3.63) is 18.2 Å². The van der Waals surface area contributed by atoms with Gasteiger partial charge in [-0.1, -0.05) is 0 Å². The van der Waals surface area contributed by atoms with Gasteiger partial charge in [0.1, 0.15) is 5.60 Å². The van der Waals surface area contributed by atoms with Crippen molar-refractivity contribution in [1.29, 1.82) is 0 Å². The van der Waals surface area contributed by atoms with Crippen LogP contribution < -0.4 is 9.47 Å². The Labute approximate surface area is 123 Å². The average Bonchev–Trinajstić information content (AvgIpc) is 2.58. The average molecular weight is 296 g/mol. The number of rotatable bonds is 3. The van der Waals surface area contributed by atoms with Crippen LogP contribution >= 0.6 is 11.8 Å². The molecule has 110 valence electrons. The maximum atomic E-state index is 11.7. The van der Waals surface area contributed by atoms with Gasteiger partial charge >= 0.3 is 5.97 Å². The summed E-state index contributed by atoms with van der Waals surface area (Å²) in [7, 11) is 0. The smallest absolute Gasteiger partial charge is 0.316 e. The van der Waals surface area contributed by atoms with Crippen LogP contribution in [-0.2, 0) is 9.53 Å². The zero-order valence-electron chi connectivity index (χ0n) is 12.1. The first-order valence-corrected chi connectivity index (χ1v) is 7.67. The maximum absolute atomic E-state index is 11.7. The number of hydrogen-bond acceptors (Lipinski definition) is 5. The zero-order valence-corrected chi connectivity index (χ0v) is 12.9. The lowest BCUT2D eigenvalue weighted by Gasteiger charge is -2.19. The molecule has 1 aromatic rings. The third-order valence-electron chi connectivity index (χ3n) is 2.50. The Morgan fingerprint density at radius 1 is 1.25 bits per heavy atom. The molecule has 0 atom stereocenters. The minimum Gasteiger partial charge on any atom is -0.490 e. The number of carbonyl (C=O) groups excluding carboxylic acids is 1. The predicted molar refractivity (Wildman–Crippen MR) is 78.6 cm³/mol. The Hall–Kier alpha value is -1.36. The van der Waals surface area contributed by atoms with E-state index in [1.807, 2.05) is 39.0 Å². The van der Waals surface area contributed by atoms with E-state index < -0.39 is 5.60 Å². The van der Waals surface area contributed by atoms with E-state index in [0.717, 1.165) is 22.8 Å². The molecule has 20 heavy (non-hydrogen) atoms. The van der Waals surface area contributed by atoms with Gasteiger partial charge in [-0.15, -0.1) is 11.8 Å². The standard InChI is InChI=1S/C15H20O4S/c1-15(2,3)19-14(16)10-20-11-5-6-12-13(9-11)18-8-4-7-17-12/h5-6,9H,4,7-8,10H2,1-3H3. The number of ether oxygens (including phenoxy) is 3. The summed E-state index contributed by atoms with van der Waals surface area (Å²) >= 11 is 1.44. The lowest BCUT2D eigenvalue weighted by molar-refractivity contribution is -0.151. The van der Waals surface area contributed by atoms with Crippen molar-refractivity contribution in [3.63, 3.8) is 0 Å². The normalized spacial score (nSPS) is 14.6. The molecule has 2 rings (SSSR count). The van der Waals surface area contributed by atoms with Crippen molar-refractivity contribution >= 4 is 17.7 Å². The maximum Gasteiger partial charge on any atom is 0.316 e. The Morgan fingerprint density at radius 3 is 2.65 bits per heavy atom. The van der Waals surface area contributed by atoms with Crippen LogP contribution in [0.4, 0.5) is 0 Å². The lowest BCUT2D eigenvalue weighted by Crippen LogP contribution is -2.24. The number of thioether (sulfide) groups is 1. The Bertz CT molecular complexity index is 479. The Morgan fingerprint density at radius 2 is 1.95 bits per heavy atom. The van der Waals surface area contributed by atoms with Gasteiger partial charge in [-0.2, -0.15) is 0 Å². The van der Waals surface area contributed by atoms with Crippen LogP contribution in [0, 0.1) is 0 Å². The second-order valence-electron chi connectivity index (χ2n) is 5.53. The van der Waals surface area contributed by atoms with Gasteiger partial charge in [-0.3, -0.25) is 4.79 Å². The molecule has 0 amide bonds. The Kier molecular flexibility index (Phi) is 4.81. The molecule has 4 nitrogen and oxygen atoms in total. The molecular formula is C15H20O4S. The molecule has 1 aliphatic heterocycles. The van der Waals surface area contributed by atoms with Gasteiger partial charge in [0.15, 0.2) is 11.5 Å². The summed E-state index contributed by atoms with van der Waals surface area (Å²) in [5.41, 5.74) is -0.442. The van der Waals surface area contributed by atoms with E-state index in [1.54, 1.807) is 0 Å². The minimum absolute atomic E-state index is 0.213. The molecule has 0 saturated heterocycles. The van der Waals surface area contributed by atoms with Crippen LogP contribution in [0.25, 0.3) is 0 Å². The molecule has 0 saturated carbocycles. The summed E-state index contributed by atoms with van der Waals surface area (Å²) in [6.45, 7) is 6.93. The van der Waals surface area contributed by atoms with Crippen molar-refractivity contribution in [2.45, 2.75) is 37.7 Å². The molecule has 1 aromatic carbocycles. The number of carbonyl (C=O) groups is 1. The second kappa shape index (κ2) is 6.39. The molecule has 0 N–H and O–H groups in total. The van der Waals surface area contributed by atoms with E-state index in [2.05, 4.69) is 0 Å². The summed E-state index contributed by atoms with van der Waals surface area (Å²) < 4.78 is 16.5. The molecule has 1 aliphatic rings. The van der Waals surface area contributed by atoms with Gasteiger partial charge < -0.3 is 14.2 Å². The second-order valence-corrected chi connectivity index (χ2v) is 6.58. The fourth-order valence-corrected chi connectivity index (χ4v) is 2.44. The summed E-state index contributed by atoms with van der Waals surface area (Å²) in [6.07, 6.45) is 0.884. The van der Waals surface area contributed by atoms with Gasteiger partial charge in [0, 0.05) is 11.3 Å². The first kappa shape index (κ1) is 15.0. The van der Waals surface area contributed by atoms with Crippen LogP contribution in [-0.4, -0.2) is 30.5 Å². The van der Waals surface area contributed by atoms with Crippen LogP contribution in [0.5, 0.6) is 11.5 Å². The molecule has 5 heteroatoms. The first-order chi connectivity index (χ1) is 9.44. The largest absolute Gasteiger partial charge is 0.490 e. The fraction of sp³-hybridized carbons (Fsp3) is 0.533. The summed E-state index contributed by atoms with van der Waals surface area (Å²) in [5, 5.41) is 0. The van der Waals surface area contributed by atoms with E-state index in [0.29, 0.717) is 13.2 Å². The highest BCUT2D eigenvalue weighted by atomic mass is 32.2. The van der Waals surface area contributed by atoms with E-state index in [9.17, 15) is 4.79 Å². The van der Waals surface area contributed by atoms with Crippen molar-refractivity contribution in [2.24, 2.45) is 0 Å². The van der Waals surface area contributed by atoms with Crippen molar-refractivity contribution in [1.82, 2.24) is 0 Å². The Balaban J connectivity index is 1.94. The van der Waals surface area contributed by atoms with E-state index in [1.165, 1.54) is 11.8 Å². The zero-order chi connectivity index (χ0) is 14.6. The topological polar surface area (TPSA) is 44.8 Å². The third kappa shape index (κ3) is 4.63. The number of esters is 1. The summed E-state index contributed by atoms with van der Waals surface area (Å²) in [5.74, 6) is 1.59. The van der Waals surface area contributed by atoms with Gasteiger partial charge in [-0.05, 0) is 39.0 Å². The van der Waals surface area contributed by atoms with E-state index >= 15 is 0 Å². The molecule has 0 aliphatic carbocycles. The molecule has 0 bridgehead atoms. The molecule has 1 heterocycles. The quantitative estimate of drug-likeness (QED) is 0.632. The SMILES string of the molecule is CC(C)(C)OC(=O)CSc1ccc2c(c1)OCCCO2. The van der Waals surface area contributed by atoms with Crippen LogP contribution in [0.15, 0.2) is 23.1 Å². The number of hydrogen-bond donors (Lipinski definition) is 0. The van der Waals surface area contributed by atoms with Gasteiger partial charge in [0.25, 0.3) is 0 Å². The molecule has 0 radical (unpaired) electrons. The van der Waals surface area contributed by atoms with Crippen molar-refractivity contribution in [3.8, 4) is 11.5 Å². The van der Waals surface area contributed by atoms with Gasteiger partial charge in [0.05, 0.1) is 19.0 Å². The highest BCUT2D eigenvalue weighted by Crippen LogP contribution is 2.33. The van der Waals surface area contributed by atoms with Crippen LogP contribution in [0.2, 0.25) is 0 Å². The number of fused-ring (bicyclic) bond motifs is 1. The van der Waals surface area contributed by atoms with Gasteiger partial charge in [0.2, 0.25) is 0 Å². The fourth-order valence-electron chi connectivity index (χ4n) is 1.75. The summed E-state index contributed by atoms with van der Waals surface area (Å²) in [6, 6.07) is 5.73. The van der Waals surface area contributed by atoms with E-state index in [4.69, 9.17) is 14.2 Å². The van der Waals surface area contributed by atoms with Crippen LogP contribution in [0.1, 0.15) is 27.2 Å². The first-order valence-electron chi connectivity index (χ1n) is 6.68. The highest BCUT2D eigenvalue weighted by Gasteiger charge is 2.17. The molecule has 0 fully saturated rings. The molecule has 0 unspecified atom stereocenters. The van der Waals surface area contributed by atoms with Crippen molar-refractivity contribution < 1.29 is 19.0 Å². The van der Waals surface area contributed by atoms with Crippen molar-refractivity contribution in [2.75, 3.05) is 19.0 Å². The highest BCUT2D eigenvalue weighted by molar-refractivity contribution is 8.00. The summed E-state index contributed by atoms with van der Waals surface area (Å²) in [4.78, 5) is 12.6. The monoisotopic (exact) mass is 296 g/mol.